The van der Waals surface area contributed by atoms with Crippen LogP contribution in [0.1, 0.15) is 20.3 Å². The second kappa shape index (κ2) is 4.46. The van der Waals surface area contributed by atoms with Gasteiger partial charge in [0.05, 0.1) is 0 Å². The lowest BCUT2D eigenvalue weighted by atomic mass is 9.90. The van der Waals surface area contributed by atoms with E-state index in [1.165, 1.54) is 0 Å². The van der Waals surface area contributed by atoms with Crippen molar-refractivity contribution >= 4 is 6.09 Å². The molecule has 0 saturated carbocycles. The Morgan fingerprint density at radius 1 is 1.62 bits per heavy atom. The average molecular weight is 185 g/mol. The van der Waals surface area contributed by atoms with Crippen molar-refractivity contribution in [1.29, 1.82) is 0 Å². The highest BCUT2D eigenvalue weighted by Gasteiger charge is 2.28. The highest BCUT2D eigenvalue weighted by atomic mass is 16.4. The maximum atomic E-state index is 10.5. The number of nitrogens with one attached hydrogen (secondary N) is 2. The van der Waals surface area contributed by atoms with E-state index in [0.717, 1.165) is 25.4 Å². The first kappa shape index (κ1) is 10.3. The Labute approximate surface area is 78.7 Å². The molecule has 13 heavy (non-hydrogen) atoms. The van der Waals surface area contributed by atoms with Gasteiger partial charge in [0.15, 0.2) is 0 Å². The van der Waals surface area contributed by atoms with E-state index in [1.54, 1.807) is 0 Å². The van der Waals surface area contributed by atoms with Crippen molar-refractivity contribution in [3.05, 3.63) is 5.92 Å². The molecule has 1 aliphatic heterocycles. The molecule has 2 atom stereocenters. The first-order chi connectivity index (χ1) is 6.11. The Bertz CT molecular complexity index is 176. The van der Waals surface area contributed by atoms with E-state index in [0.29, 0.717) is 5.92 Å². The van der Waals surface area contributed by atoms with E-state index in [2.05, 4.69) is 10.6 Å². The smallest absolute Gasteiger partial charge is 0.404 e. The quantitative estimate of drug-likeness (QED) is 0.610. The first-order valence-corrected chi connectivity index (χ1v) is 4.61. The SMILES string of the molecule is C[C](C)[C@@H](NC(=O)O)C1CCNC1. The highest BCUT2D eigenvalue weighted by molar-refractivity contribution is 5.65. The normalized spacial score (nSPS) is 24.7. The summed E-state index contributed by atoms with van der Waals surface area (Å²) in [5, 5.41) is 14.4. The Balaban J connectivity index is 2.50. The molecule has 4 nitrogen and oxygen atoms in total. The molecule has 1 fully saturated rings. The summed E-state index contributed by atoms with van der Waals surface area (Å²) in [6, 6.07) is 0.00694. The number of carboxylic acid groups (broad SMARTS) is 1. The molecule has 1 amide bonds. The summed E-state index contributed by atoms with van der Waals surface area (Å²) in [5.74, 6) is 1.55. The van der Waals surface area contributed by atoms with Crippen molar-refractivity contribution in [3.63, 3.8) is 0 Å². The molecule has 0 spiro atoms. The molecule has 0 aromatic carbocycles. The van der Waals surface area contributed by atoms with Gasteiger partial charge in [-0.2, -0.15) is 0 Å². The molecule has 1 saturated heterocycles. The summed E-state index contributed by atoms with van der Waals surface area (Å²) < 4.78 is 0. The third-order valence-corrected chi connectivity index (χ3v) is 2.47. The van der Waals surface area contributed by atoms with Gasteiger partial charge in [0.2, 0.25) is 0 Å². The van der Waals surface area contributed by atoms with E-state index < -0.39 is 6.09 Å². The van der Waals surface area contributed by atoms with Crippen molar-refractivity contribution in [1.82, 2.24) is 10.6 Å². The van der Waals surface area contributed by atoms with Gasteiger partial charge in [0, 0.05) is 6.04 Å². The summed E-state index contributed by atoms with van der Waals surface area (Å²) in [4.78, 5) is 10.5. The maximum absolute atomic E-state index is 10.5. The number of carbonyl (C=O) groups is 1. The fourth-order valence-corrected chi connectivity index (χ4v) is 1.83. The zero-order valence-electron chi connectivity index (χ0n) is 8.13. The Kier molecular flexibility index (Phi) is 3.54. The lowest BCUT2D eigenvalue weighted by molar-refractivity contribution is 0.186. The summed E-state index contributed by atoms with van der Waals surface area (Å²) in [5.41, 5.74) is 0. The van der Waals surface area contributed by atoms with E-state index in [9.17, 15) is 4.79 Å². The molecule has 3 N–H and O–H groups in total. The van der Waals surface area contributed by atoms with E-state index in [4.69, 9.17) is 5.11 Å². The molecular weight excluding hydrogens is 168 g/mol. The van der Waals surface area contributed by atoms with Gasteiger partial charge in [-0.15, -0.1) is 0 Å². The van der Waals surface area contributed by atoms with Gasteiger partial charge in [-0.3, -0.25) is 0 Å². The number of rotatable bonds is 3. The van der Waals surface area contributed by atoms with Gasteiger partial charge < -0.3 is 15.7 Å². The van der Waals surface area contributed by atoms with E-state index >= 15 is 0 Å². The van der Waals surface area contributed by atoms with Crippen LogP contribution in [0.5, 0.6) is 0 Å². The molecule has 1 unspecified atom stereocenters. The van der Waals surface area contributed by atoms with Gasteiger partial charge >= 0.3 is 6.09 Å². The van der Waals surface area contributed by atoms with E-state index in [1.807, 2.05) is 13.8 Å². The third kappa shape index (κ3) is 2.88. The minimum absolute atomic E-state index is 0.00694. The van der Waals surface area contributed by atoms with Gasteiger partial charge in [0.1, 0.15) is 0 Å². The van der Waals surface area contributed by atoms with Gasteiger partial charge in [-0.25, -0.2) is 4.79 Å². The first-order valence-electron chi connectivity index (χ1n) is 4.61. The molecule has 75 valence electrons. The van der Waals surface area contributed by atoms with E-state index in [-0.39, 0.29) is 6.04 Å². The predicted molar refractivity (Wildman–Crippen MR) is 50.5 cm³/mol. The van der Waals surface area contributed by atoms with Crippen LogP contribution in [0.3, 0.4) is 0 Å². The van der Waals surface area contributed by atoms with Crippen LogP contribution in [0.25, 0.3) is 0 Å². The zero-order valence-corrected chi connectivity index (χ0v) is 8.13. The molecule has 1 aliphatic rings. The van der Waals surface area contributed by atoms with Crippen LogP contribution < -0.4 is 10.6 Å². The standard InChI is InChI=1S/C9H17N2O2/c1-6(2)8(11-9(12)13)7-3-4-10-5-7/h7-8,10-11H,3-5H2,1-2H3,(H,12,13)/t7?,8-/m1/s1. The fourth-order valence-electron chi connectivity index (χ4n) is 1.83. The Hall–Kier alpha value is -0.770. The molecule has 0 aliphatic carbocycles. The lowest BCUT2D eigenvalue weighted by Crippen LogP contribution is -2.43. The molecular formula is C9H17N2O2. The second-order valence-electron chi connectivity index (χ2n) is 3.76. The third-order valence-electron chi connectivity index (χ3n) is 2.47. The topological polar surface area (TPSA) is 61.4 Å². The van der Waals surface area contributed by atoms with Crippen LogP contribution >= 0.6 is 0 Å². The minimum atomic E-state index is -0.932. The molecule has 1 radical (unpaired) electrons. The molecule has 0 aromatic rings. The fraction of sp³-hybridized carbons (Fsp3) is 0.778. The van der Waals surface area contributed by atoms with Crippen LogP contribution in [0, 0.1) is 11.8 Å². The molecule has 0 aromatic heterocycles. The van der Waals surface area contributed by atoms with Crippen LogP contribution in [0.4, 0.5) is 4.79 Å². The highest BCUT2D eigenvalue weighted by Crippen LogP contribution is 2.20. The summed E-state index contributed by atoms with van der Waals surface area (Å²) in [6.45, 7) is 5.85. The molecule has 0 bridgehead atoms. The van der Waals surface area contributed by atoms with Crippen LogP contribution in [-0.2, 0) is 0 Å². The van der Waals surface area contributed by atoms with Gasteiger partial charge in [0.25, 0.3) is 0 Å². The van der Waals surface area contributed by atoms with Crippen LogP contribution in [-0.4, -0.2) is 30.3 Å². The van der Waals surface area contributed by atoms with Crippen LogP contribution in [0.2, 0.25) is 0 Å². The van der Waals surface area contributed by atoms with Crippen molar-refractivity contribution in [2.45, 2.75) is 26.3 Å². The maximum Gasteiger partial charge on any atom is 0.404 e. The second-order valence-corrected chi connectivity index (χ2v) is 3.76. The number of hydrogen-bond donors (Lipinski definition) is 3. The van der Waals surface area contributed by atoms with Crippen molar-refractivity contribution in [2.24, 2.45) is 5.92 Å². The molecule has 1 heterocycles. The Morgan fingerprint density at radius 2 is 2.31 bits per heavy atom. The zero-order chi connectivity index (χ0) is 9.84. The summed E-state index contributed by atoms with van der Waals surface area (Å²) in [6.07, 6.45) is 0.119. The summed E-state index contributed by atoms with van der Waals surface area (Å²) >= 11 is 0. The van der Waals surface area contributed by atoms with Crippen molar-refractivity contribution in [2.75, 3.05) is 13.1 Å². The summed E-state index contributed by atoms with van der Waals surface area (Å²) in [7, 11) is 0. The van der Waals surface area contributed by atoms with Crippen LogP contribution in [0.15, 0.2) is 0 Å². The van der Waals surface area contributed by atoms with Gasteiger partial charge in [-0.1, -0.05) is 13.8 Å². The average Bonchev–Trinajstić information content (AvgIpc) is 2.50. The minimum Gasteiger partial charge on any atom is -0.465 e. The molecule has 4 heteroatoms. The van der Waals surface area contributed by atoms with Crippen molar-refractivity contribution in [3.8, 4) is 0 Å². The monoisotopic (exact) mass is 185 g/mol. The predicted octanol–water partition coefficient (Wildman–Crippen LogP) is 0.846. The van der Waals surface area contributed by atoms with Crippen molar-refractivity contribution < 1.29 is 9.90 Å². The molecule has 1 rings (SSSR count). The number of hydrogen-bond acceptors (Lipinski definition) is 2. The lowest BCUT2D eigenvalue weighted by Gasteiger charge is -2.25. The largest absolute Gasteiger partial charge is 0.465 e. The number of amides is 1. The van der Waals surface area contributed by atoms with Gasteiger partial charge in [-0.05, 0) is 31.3 Å². The Morgan fingerprint density at radius 3 is 2.69 bits per heavy atom.